The first-order valence-corrected chi connectivity index (χ1v) is 8.20. The zero-order valence-corrected chi connectivity index (χ0v) is 13.4. The highest BCUT2D eigenvalue weighted by atomic mass is 32.2. The maximum absolute atomic E-state index is 14.1. The van der Waals surface area contributed by atoms with Gasteiger partial charge in [0.15, 0.2) is 4.34 Å². The summed E-state index contributed by atoms with van der Waals surface area (Å²) in [4.78, 5) is 5.02. The Labute approximate surface area is 127 Å². The van der Waals surface area contributed by atoms with Crippen LogP contribution < -0.4 is 5.32 Å². The summed E-state index contributed by atoms with van der Waals surface area (Å²) in [5.74, 6) is 0.613. The fourth-order valence-electron chi connectivity index (χ4n) is 1.63. The Morgan fingerprint density at radius 3 is 2.85 bits per heavy atom. The van der Waals surface area contributed by atoms with Crippen molar-refractivity contribution in [3.8, 4) is 0 Å². The van der Waals surface area contributed by atoms with Crippen LogP contribution in [0.1, 0.15) is 32.2 Å². The van der Waals surface area contributed by atoms with Crippen LogP contribution in [-0.4, -0.2) is 15.4 Å². The van der Waals surface area contributed by atoms with Gasteiger partial charge in [-0.1, -0.05) is 44.7 Å². The van der Waals surface area contributed by atoms with E-state index in [2.05, 4.69) is 28.5 Å². The molecule has 2 aromatic rings. The van der Waals surface area contributed by atoms with Gasteiger partial charge in [0.2, 0.25) is 0 Å². The lowest BCUT2D eigenvalue weighted by atomic mass is 10.2. The molecule has 20 heavy (non-hydrogen) atoms. The topological polar surface area (TPSA) is 37.8 Å². The van der Waals surface area contributed by atoms with Crippen LogP contribution in [0.3, 0.4) is 0 Å². The van der Waals surface area contributed by atoms with Gasteiger partial charge in [0.05, 0.1) is 4.90 Å². The summed E-state index contributed by atoms with van der Waals surface area (Å²) < 4.78 is 19.1. The van der Waals surface area contributed by atoms with E-state index < -0.39 is 0 Å². The molecule has 0 radical (unpaired) electrons. The van der Waals surface area contributed by atoms with Crippen molar-refractivity contribution >= 4 is 23.3 Å². The maximum Gasteiger partial charge on any atom is 0.174 e. The van der Waals surface area contributed by atoms with E-state index in [4.69, 9.17) is 0 Å². The van der Waals surface area contributed by atoms with Crippen LogP contribution in [0.5, 0.6) is 0 Å². The van der Waals surface area contributed by atoms with Gasteiger partial charge in [-0.25, -0.2) is 9.37 Å². The van der Waals surface area contributed by atoms with Gasteiger partial charge in [-0.2, -0.15) is 4.37 Å². The second kappa shape index (κ2) is 7.15. The number of benzene rings is 1. The number of hydrogen-bond donors (Lipinski definition) is 1. The minimum Gasteiger partial charge on any atom is -0.310 e. The molecule has 108 valence electrons. The fourth-order valence-corrected chi connectivity index (χ4v) is 3.40. The molecule has 0 aliphatic rings. The molecule has 0 saturated heterocycles. The number of halogens is 1. The predicted octanol–water partition coefficient (Wildman–Crippen LogP) is 3.89. The van der Waals surface area contributed by atoms with E-state index in [9.17, 15) is 4.39 Å². The summed E-state index contributed by atoms with van der Waals surface area (Å²) in [6, 6.07) is 5.55. The van der Waals surface area contributed by atoms with E-state index >= 15 is 0 Å². The predicted molar refractivity (Wildman–Crippen MR) is 81.8 cm³/mol. The highest BCUT2D eigenvalue weighted by Crippen LogP contribution is 2.33. The van der Waals surface area contributed by atoms with E-state index in [1.54, 1.807) is 6.07 Å². The van der Waals surface area contributed by atoms with Crippen molar-refractivity contribution in [2.45, 2.75) is 49.0 Å². The molecule has 0 spiro atoms. The normalized spacial score (nSPS) is 11.2. The first-order chi connectivity index (χ1) is 9.60. The van der Waals surface area contributed by atoms with Crippen molar-refractivity contribution in [1.29, 1.82) is 0 Å². The van der Waals surface area contributed by atoms with Crippen LogP contribution in [-0.2, 0) is 13.0 Å². The van der Waals surface area contributed by atoms with Crippen LogP contribution in [0.2, 0.25) is 0 Å². The molecule has 0 aliphatic carbocycles. The SMILES string of the molecule is CCc1nsc(Sc2c(F)cccc2CNC(C)C)n1. The van der Waals surface area contributed by atoms with Gasteiger partial charge in [-0.15, -0.1) is 0 Å². The van der Waals surface area contributed by atoms with Crippen molar-refractivity contribution in [2.24, 2.45) is 0 Å². The number of rotatable bonds is 6. The highest BCUT2D eigenvalue weighted by molar-refractivity contribution is 8.01. The van der Waals surface area contributed by atoms with E-state index in [1.165, 1.54) is 29.4 Å². The van der Waals surface area contributed by atoms with Crippen LogP contribution in [0.4, 0.5) is 4.39 Å². The van der Waals surface area contributed by atoms with Gasteiger partial charge in [0, 0.05) is 19.0 Å². The van der Waals surface area contributed by atoms with Crippen LogP contribution in [0, 0.1) is 5.82 Å². The molecule has 0 fully saturated rings. The van der Waals surface area contributed by atoms with E-state index in [0.717, 1.165) is 22.1 Å². The molecule has 0 unspecified atom stereocenters. The molecule has 0 aliphatic heterocycles. The third-order valence-electron chi connectivity index (χ3n) is 2.70. The Morgan fingerprint density at radius 2 is 2.20 bits per heavy atom. The van der Waals surface area contributed by atoms with Gasteiger partial charge in [-0.3, -0.25) is 0 Å². The first-order valence-electron chi connectivity index (χ1n) is 6.61. The summed E-state index contributed by atoms with van der Waals surface area (Å²) >= 11 is 2.68. The standard InChI is InChI=1S/C14H18FN3S2/c1-4-12-17-14(20-18-12)19-13-10(8-16-9(2)3)6-5-7-11(13)15/h5-7,9,16H,4,8H2,1-3H3. The Balaban J connectivity index is 2.20. The van der Waals surface area contributed by atoms with Crippen molar-refractivity contribution in [1.82, 2.24) is 14.7 Å². The van der Waals surface area contributed by atoms with Crippen molar-refractivity contribution in [2.75, 3.05) is 0 Å². The molecular weight excluding hydrogens is 293 g/mol. The number of nitrogens with one attached hydrogen (secondary N) is 1. The lowest BCUT2D eigenvalue weighted by Gasteiger charge is -2.12. The van der Waals surface area contributed by atoms with Gasteiger partial charge in [0.1, 0.15) is 11.6 Å². The van der Waals surface area contributed by atoms with Crippen LogP contribution >= 0.6 is 23.3 Å². The first kappa shape index (κ1) is 15.4. The smallest absolute Gasteiger partial charge is 0.174 e. The largest absolute Gasteiger partial charge is 0.310 e. The zero-order chi connectivity index (χ0) is 14.5. The molecule has 0 saturated carbocycles. The van der Waals surface area contributed by atoms with Crippen LogP contribution in [0.15, 0.2) is 27.4 Å². The molecule has 3 nitrogen and oxygen atoms in total. The zero-order valence-electron chi connectivity index (χ0n) is 11.8. The monoisotopic (exact) mass is 311 g/mol. The van der Waals surface area contributed by atoms with Crippen molar-refractivity contribution in [3.63, 3.8) is 0 Å². The fraction of sp³-hybridized carbons (Fsp3) is 0.429. The van der Waals surface area contributed by atoms with Crippen LogP contribution in [0.25, 0.3) is 0 Å². The van der Waals surface area contributed by atoms with Gasteiger partial charge in [-0.05, 0) is 23.2 Å². The molecular formula is C14H18FN3S2. The van der Waals surface area contributed by atoms with Gasteiger partial charge in [0.25, 0.3) is 0 Å². The average Bonchev–Trinajstić information content (AvgIpc) is 2.87. The molecule has 0 bridgehead atoms. The van der Waals surface area contributed by atoms with Gasteiger partial charge < -0.3 is 5.32 Å². The molecule has 0 atom stereocenters. The number of aromatic nitrogens is 2. The Bertz CT molecular complexity index is 569. The quantitative estimate of drug-likeness (QED) is 0.878. The maximum atomic E-state index is 14.1. The summed E-state index contributed by atoms with van der Waals surface area (Å²) in [5, 5.41) is 3.32. The minimum absolute atomic E-state index is 0.202. The summed E-state index contributed by atoms with van der Waals surface area (Å²) in [6.07, 6.45) is 0.802. The lowest BCUT2D eigenvalue weighted by Crippen LogP contribution is -2.22. The third kappa shape index (κ3) is 4.01. The van der Waals surface area contributed by atoms with Gasteiger partial charge >= 0.3 is 0 Å². The molecule has 1 N–H and O–H groups in total. The Morgan fingerprint density at radius 1 is 1.40 bits per heavy atom. The number of nitrogens with zero attached hydrogens (tertiary/aromatic N) is 2. The van der Waals surface area contributed by atoms with Crippen molar-refractivity contribution in [3.05, 3.63) is 35.4 Å². The Kier molecular flexibility index (Phi) is 5.51. The minimum atomic E-state index is -0.202. The number of hydrogen-bond acceptors (Lipinski definition) is 5. The van der Waals surface area contributed by atoms with Crippen molar-refractivity contribution < 1.29 is 4.39 Å². The second-order valence-corrected chi connectivity index (χ2v) is 6.71. The number of aryl methyl sites for hydroxylation is 1. The summed E-state index contributed by atoms with van der Waals surface area (Å²) in [6.45, 7) is 6.81. The molecule has 1 heterocycles. The molecule has 2 rings (SSSR count). The van der Waals surface area contributed by atoms with E-state index in [0.29, 0.717) is 17.5 Å². The average molecular weight is 311 g/mol. The molecule has 6 heteroatoms. The highest BCUT2D eigenvalue weighted by Gasteiger charge is 2.13. The lowest BCUT2D eigenvalue weighted by molar-refractivity contribution is 0.564. The van der Waals surface area contributed by atoms with E-state index in [-0.39, 0.29) is 5.82 Å². The molecule has 1 aromatic heterocycles. The third-order valence-corrected chi connectivity index (χ3v) is 4.65. The Hall–Kier alpha value is -0.980. The summed E-state index contributed by atoms with van der Waals surface area (Å²) in [5.41, 5.74) is 0.956. The summed E-state index contributed by atoms with van der Waals surface area (Å²) in [7, 11) is 0. The molecule has 1 aromatic carbocycles. The second-order valence-electron chi connectivity index (χ2n) is 4.70. The van der Waals surface area contributed by atoms with E-state index in [1.807, 2.05) is 13.0 Å². The molecule has 0 amide bonds.